The molecule has 0 aromatic heterocycles. The number of guanidine groups is 1. The first-order valence-electron chi connectivity index (χ1n) is 6.35. The van der Waals surface area contributed by atoms with Crippen LogP contribution in [-0.2, 0) is 0 Å². The first-order chi connectivity index (χ1) is 8.90. The molecule has 0 heterocycles. The molecule has 0 unspecified atom stereocenters. The molecule has 2 amide bonds. The maximum absolute atomic E-state index is 12.4. The Balaban J connectivity index is 3.08. The van der Waals surface area contributed by atoms with Gasteiger partial charge in [0.1, 0.15) is 0 Å². The SMILES string of the molecule is CCCN(C(=N)N)C(=O)N(C)c1c(C)cccc1C. The zero-order valence-electron chi connectivity index (χ0n) is 12.0. The van der Waals surface area contributed by atoms with Crippen LogP contribution in [0.2, 0.25) is 0 Å². The van der Waals surface area contributed by atoms with Crippen LogP contribution in [0, 0.1) is 19.3 Å². The van der Waals surface area contributed by atoms with Crippen molar-refractivity contribution in [3.05, 3.63) is 29.3 Å². The van der Waals surface area contributed by atoms with Gasteiger partial charge in [0.25, 0.3) is 0 Å². The Bertz CT molecular complexity index is 464. The number of rotatable bonds is 3. The van der Waals surface area contributed by atoms with Crippen molar-refractivity contribution in [2.75, 3.05) is 18.5 Å². The number of nitrogens with one attached hydrogen (secondary N) is 1. The number of nitrogens with two attached hydrogens (primary N) is 1. The van der Waals surface area contributed by atoms with Gasteiger partial charge in [-0.3, -0.25) is 15.2 Å². The minimum Gasteiger partial charge on any atom is -0.370 e. The Hall–Kier alpha value is -2.04. The number of amides is 2. The molecule has 0 fully saturated rings. The van der Waals surface area contributed by atoms with Gasteiger partial charge < -0.3 is 5.73 Å². The molecule has 0 saturated heterocycles. The number of carbonyl (C=O) groups excluding carboxylic acids is 1. The lowest BCUT2D eigenvalue weighted by Gasteiger charge is -2.28. The summed E-state index contributed by atoms with van der Waals surface area (Å²) in [6, 6.07) is 5.61. The van der Waals surface area contributed by atoms with Gasteiger partial charge >= 0.3 is 6.03 Å². The largest absolute Gasteiger partial charge is 0.370 e. The maximum atomic E-state index is 12.4. The summed E-state index contributed by atoms with van der Waals surface area (Å²) in [7, 11) is 1.71. The monoisotopic (exact) mass is 262 g/mol. The third-order valence-electron chi connectivity index (χ3n) is 3.03. The molecule has 5 nitrogen and oxygen atoms in total. The van der Waals surface area contributed by atoms with Gasteiger partial charge in [0.05, 0.1) is 5.69 Å². The predicted molar refractivity (Wildman–Crippen MR) is 78.6 cm³/mol. The second kappa shape index (κ2) is 6.22. The van der Waals surface area contributed by atoms with Gasteiger partial charge in [-0.05, 0) is 31.4 Å². The molecule has 0 spiro atoms. The van der Waals surface area contributed by atoms with Gasteiger partial charge in [0, 0.05) is 13.6 Å². The van der Waals surface area contributed by atoms with E-state index in [2.05, 4.69) is 0 Å². The summed E-state index contributed by atoms with van der Waals surface area (Å²) in [5.41, 5.74) is 8.40. The Morgan fingerprint density at radius 1 is 1.32 bits per heavy atom. The summed E-state index contributed by atoms with van der Waals surface area (Å²) >= 11 is 0. The molecule has 5 heteroatoms. The van der Waals surface area contributed by atoms with Gasteiger partial charge in [-0.15, -0.1) is 0 Å². The van der Waals surface area contributed by atoms with Crippen molar-refractivity contribution in [1.29, 1.82) is 5.41 Å². The lowest BCUT2D eigenvalue weighted by Crippen LogP contribution is -2.48. The highest BCUT2D eigenvalue weighted by Crippen LogP contribution is 2.24. The summed E-state index contributed by atoms with van der Waals surface area (Å²) in [6.07, 6.45) is 0.756. The zero-order chi connectivity index (χ0) is 14.6. The number of nitrogens with zero attached hydrogens (tertiary/aromatic N) is 2. The third-order valence-corrected chi connectivity index (χ3v) is 3.03. The maximum Gasteiger partial charge on any atom is 0.331 e. The third kappa shape index (κ3) is 3.24. The van der Waals surface area contributed by atoms with E-state index in [-0.39, 0.29) is 12.0 Å². The highest BCUT2D eigenvalue weighted by Gasteiger charge is 2.22. The first-order valence-corrected chi connectivity index (χ1v) is 6.35. The van der Waals surface area contributed by atoms with Gasteiger partial charge in [-0.1, -0.05) is 25.1 Å². The van der Waals surface area contributed by atoms with Crippen LogP contribution in [0.1, 0.15) is 24.5 Å². The van der Waals surface area contributed by atoms with Crippen molar-refractivity contribution in [2.45, 2.75) is 27.2 Å². The molecular weight excluding hydrogens is 240 g/mol. The zero-order valence-corrected chi connectivity index (χ0v) is 12.0. The van der Waals surface area contributed by atoms with E-state index in [1.54, 1.807) is 11.9 Å². The van der Waals surface area contributed by atoms with Crippen molar-refractivity contribution < 1.29 is 4.79 Å². The molecule has 0 bridgehead atoms. The summed E-state index contributed by atoms with van der Waals surface area (Å²) in [5.74, 6) is -0.218. The molecule has 0 atom stereocenters. The van der Waals surface area contributed by atoms with Crippen molar-refractivity contribution in [2.24, 2.45) is 5.73 Å². The minimum atomic E-state index is -0.272. The normalized spacial score (nSPS) is 10.1. The standard InChI is InChI=1S/C14H22N4O/c1-5-9-18(13(15)16)14(19)17(4)12-10(2)7-6-8-11(12)3/h6-8H,5,9H2,1-4H3,(H3,15,16). The summed E-state index contributed by atoms with van der Waals surface area (Å²) in [6.45, 7) is 6.32. The van der Waals surface area contributed by atoms with Crippen molar-refractivity contribution >= 4 is 17.7 Å². The number of para-hydroxylation sites is 1. The average Bonchev–Trinajstić information content (AvgIpc) is 2.34. The number of urea groups is 1. The van der Waals surface area contributed by atoms with Gasteiger partial charge in [-0.25, -0.2) is 4.79 Å². The fraction of sp³-hybridized carbons (Fsp3) is 0.429. The highest BCUT2D eigenvalue weighted by molar-refractivity contribution is 6.02. The molecule has 0 aliphatic carbocycles. The quantitative estimate of drug-likeness (QED) is 0.648. The van der Waals surface area contributed by atoms with E-state index in [0.717, 1.165) is 23.2 Å². The second-order valence-electron chi connectivity index (χ2n) is 4.62. The van der Waals surface area contributed by atoms with Crippen molar-refractivity contribution in [3.63, 3.8) is 0 Å². The van der Waals surface area contributed by atoms with E-state index in [4.69, 9.17) is 11.1 Å². The Labute approximate surface area is 114 Å². The van der Waals surface area contributed by atoms with Gasteiger partial charge in [-0.2, -0.15) is 0 Å². The van der Waals surface area contributed by atoms with Crippen LogP contribution in [0.3, 0.4) is 0 Å². The van der Waals surface area contributed by atoms with Crippen LogP contribution in [0.5, 0.6) is 0 Å². The lowest BCUT2D eigenvalue weighted by atomic mass is 10.1. The first kappa shape index (κ1) is 15.0. The number of anilines is 1. The number of hydrogen-bond acceptors (Lipinski definition) is 2. The van der Waals surface area contributed by atoms with E-state index < -0.39 is 0 Å². The molecule has 0 aliphatic rings. The van der Waals surface area contributed by atoms with Crippen molar-refractivity contribution in [1.82, 2.24) is 4.90 Å². The van der Waals surface area contributed by atoms with E-state index in [9.17, 15) is 4.79 Å². The predicted octanol–water partition coefficient (Wildman–Crippen LogP) is 2.47. The van der Waals surface area contributed by atoms with Crippen LogP contribution >= 0.6 is 0 Å². The van der Waals surface area contributed by atoms with E-state index in [1.807, 2.05) is 39.0 Å². The molecule has 104 valence electrons. The fourth-order valence-electron chi connectivity index (χ4n) is 2.15. The van der Waals surface area contributed by atoms with Crippen molar-refractivity contribution in [3.8, 4) is 0 Å². The van der Waals surface area contributed by atoms with E-state index in [0.29, 0.717) is 6.54 Å². The molecule has 19 heavy (non-hydrogen) atoms. The molecule has 1 aromatic carbocycles. The molecular formula is C14H22N4O. The fourth-order valence-corrected chi connectivity index (χ4v) is 2.15. The Morgan fingerprint density at radius 3 is 2.26 bits per heavy atom. The van der Waals surface area contributed by atoms with Crippen LogP contribution in [0.15, 0.2) is 18.2 Å². The highest BCUT2D eigenvalue weighted by atomic mass is 16.2. The molecule has 0 radical (unpaired) electrons. The Morgan fingerprint density at radius 2 is 1.84 bits per heavy atom. The molecule has 0 saturated carbocycles. The summed E-state index contributed by atoms with van der Waals surface area (Å²) in [4.78, 5) is 15.3. The lowest BCUT2D eigenvalue weighted by molar-refractivity contribution is 0.227. The average molecular weight is 262 g/mol. The van der Waals surface area contributed by atoms with Crippen LogP contribution in [-0.4, -0.2) is 30.5 Å². The molecule has 3 N–H and O–H groups in total. The minimum absolute atomic E-state index is 0.218. The van der Waals surface area contributed by atoms with Gasteiger partial charge in [0.2, 0.25) is 0 Å². The number of benzene rings is 1. The van der Waals surface area contributed by atoms with Gasteiger partial charge in [0.15, 0.2) is 5.96 Å². The smallest absolute Gasteiger partial charge is 0.331 e. The summed E-state index contributed by atoms with van der Waals surface area (Å²) in [5, 5.41) is 7.50. The molecule has 1 rings (SSSR count). The number of hydrogen-bond donors (Lipinski definition) is 2. The number of aryl methyl sites for hydroxylation is 2. The van der Waals surface area contributed by atoms with E-state index in [1.165, 1.54) is 4.90 Å². The Kier molecular flexibility index (Phi) is 4.92. The van der Waals surface area contributed by atoms with E-state index >= 15 is 0 Å². The second-order valence-corrected chi connectivity index (χ2v) is 4.62. The van der Waals surface area contributed by atoms with Crippen LogP contribution in [0.4, 0.5) is 10.5 Å². The molecule has 0 aliphatic heterocycles. The van der Waals surface area contributed by atoms with Crippen LogP contribution in [0.25, 0.3) is 0 Å². The van der Waals surface area contributed by atoms with Crippen LogP contribution < -0.4 is 10.6 Å². The topological polar surface area (TPSA) is 73.4 Å². The molecule has 1 aromatic rings. The summed E-state index contributed by atoms with van der Waals surface area (Å²) < 4.78 is 0. The number of carbonyl (C=O) groups is 1.